The quantitative estimate of drug-likeness (QED) is 0.581. The van der Waals surface area contributed by atoms with Crippen molar-refractivity contribution in [1.29, 1.82) is 0 Å². The van der Waals surface area contributed by atoms with Crippen molar-refractivity contribution < 1.29 is 4.79 Å². The van der Waals surface area contributed by atoms with Crippen molar-refractivity contribution in [3.63, 3.8) is 0 Å². The highest BCUT2D eigenvalue weighted by Gasteiger charge is 2.23. The van der Waals surface area contributed by atoms with Gasteiger partial charge in [0, 0.05) is 32.2 Å². The van der Waals surface area contributed by atoms with Gasteiger partial charge in [-0.05, 0) is 25.1 Å². The molecule has 0 bridgehead atoms. The van der Waals surface area contributed by atoms with Crippen LogP contribution in [0.4, 0.5) is 5.82 Å². The van der Waals surface area contributed by atoms with Crippen molar-refractivity contribution in [2.75, 3.05) is 31.1 Å². The minimum Gasteiger partial charge on any atom is -0.352 e. The number of anilines is 1. The molecule has 4 rings (SSSR count). The maximum atomic E-state index is 12.5. The molecule has 0 unspecified atom stereocenters. The molecule has 0 radical (unpaired) electrons. The molecule has 4 heterocycles. The van der Waals surface area contributed by atoms with Crippen LogP contribution in [0.3, 0.4) is 0 Å². The first-order chi connectivity index (χ1) is 13.6. The van der Waals surface area contributed by atoms with Crippen LogP contribution in [0, 0.1) is 6.92 Å². The van der Waals surface area contributed by atoms with Gasteiger partial charge in [0.2, 0.25) is 5.91 Å². The Morgan fingerprint density at radius 1 is 1.04 bits per heavy atom. The molecule has 28 heavy (non-hydrogen) atoms. The molecule has 1 aliphatic heterocycles. The van der Waals surface area contributed by atoms with Crippen LogP contribution in [0.1, 0.15) is 5.69 Å². The van der Waals surface area contributed by atoms with Crippen LogP contribution >= 0.6 is 0 Å². The SMILES string of the molecule is Cc1ccc(=O)n(CC(=O)N2CCN(c3ccc(-n4cncn4)nn3)CC2)n1. The van der Waals surface area contributed by atoms with E-state index in [-0.39, 0.29) is 18.0 Å². The molecule has 0 aromatic carbocycles. The first-order valence-corrected chi connectivity index (χ1v) is 8.86. The predicted octanol–water partition coefficient (Wildman–Crippen LogP) is -0.729. The Bertz CT molecular complexity index is 1010. The van der Waals surface area contributed by atoms with E-state index in [2.05, 4.69) is 30.3 Å². The highest BCUT2D eigenvalue weighted by Crippen LogP contribution is 2.14. The summed E-state index contributed by atoms with van der Waals surface area (Å²) in [5.74, 6) is 1.21. The van der Waals surface area contributed by atoms with Gasteiger partial charge in [-0.2, -0.15) is 10.2 Å². The molecule has 1 saturated heterocycles. The van der Waals surface area contributed by atoms with E-state index in [1.807, 2.05) is 12.1 Å². The standard InChI is InChI=1S/C17H19N9O2/c1-13-2-5-16(27)25(22-13)10-17(28)24-8-6-23(7-9-24)14-3-4-15(21-20-14)26-12-18-11-19-26/h2-5,11-12H,6-10H2,1H3. The molecule has 1 fully saturated rings. The second-order valence-corrected chi connectivity index (χ2v) is 6.43. The molecule has 3 aromatic heterocycles. The van der Waals surface area contributed by atoms with Crippen molar-refractivity contribution in [3.8, 4) is 5.82 Å². The van der Waals surface area contributed by atoms with E-state index in [9.17, 15) is 9.59 Å². The van der Waals surface area contributed by atoms with Gasteiger partial charge in [-0.3, -0.25) is 9.59 Å². The Balaban J connectivity index is 1.36. The lowest BCUT2D eigenvalue weighted by Crippen LogP contribution is -2.50. The number of carbonyl (C=O) groups is 1. The van der Waals surface area contributed by atoms with Gasteiger partial charge >= 0.3 is 0 Å². The zero-order valence-electron chi connectivity index (χ0n) is 15.3. The zero-order valence-corrected chi connectivity index (χ0v) is 15.3. The molecule has 0 aliphatic carbocycles. The van der Waals surface area contributed by atoms with Gasteiger partial charge in [0.1, 0.15) is 19.2 Å². The van der Waals surface area contributed by atoms with Gasteiger partial charge in [0.15, 0.2) is 11.6 Å². The Labute approximate surface area is 160 Å². The number of aromatic nitrogens is 7. The molecule has 144 valence electrons. The van der Waals surface area contributed by atoms with Crippen LogP contribution in [-0.4, -0.2) is 71.7 Å². The fourth-order valence-corrected chi connectivity index (χ4v) is 3.01. The van der Waals surface area contributed by atoms with Gasteiger partial charge in [-0.25, -0.2) is 14.3 Å². The van der Waals surface area contributed by atoms with E-state index >= 15 is 0 Å². The number of rotatable bonds is 4. The Kier molecular flexibility index (Phi) is 4.79. The van der Waals surface area contributed by atoms with Crippen molar-refractivity contribution in [2.24, 2.45) is 0 Å². The lowest BCUT2D eigenvalue weighted by molar-refractivity contribution is -0.132. The molecule has 0 spiro atoms. The number of nitrogens with zero attached hydrogens (tertiary/aromatic N) is 9. The van der Waals surface area contributed by atoms with E-state index in [0.717, 1.165) is 5.82 Å². The molecule has 3 aromatic rings. The van der Waals surface area contributed by atoms with Gasteiger partial charge < -0.3 is 9.80 Å². The summed E-state index contributed by atoms with van der Waals surface area (Å²) < 4.78 is 2.74. The zero-order chi connectivity index (χ0) is 19.5. The van der Waals surface area contributed by atoms with Crippen LogP contribution < -0.4 is 10.5 Å². The Morgan fingerprint density at radius 3 is 2.46 bits per heavy atom. The smallest absolute Gasteiger partial charge is 0.267 e. The lowest BCUT2D eigenvalue weighted by atomic mass is 10.3. The van der Waals surface area contributed by atoms with E-state index in [4.69, 9.17) is 0 Å². The van der Waals surface area contributed by atoms with E-state index in [1.54, 1.807) is 24.2 Å². The summed E-state index contributed by atoms with van der Waals surface area (Å²) in [7, 11) is 0. The first kappa shape index (κ1) is 17.8. The summed E-state index contributed by atoms with van der Waals surface area (Å²) in [6.07, 6.45) is 2.99. The topological polar surface area (TPSA) is 115 Å². The maximum Gasteiger partial charge on any atom is 0.267 e. The molecule has 11 nitrogen and oxygen atoms in total. The third-order valence-electron chi connectivity index (χ3n) is 4.53. The van der Waals surface area contributed by atoms with Gasteiger partial charge in [0.05, 0.1) is 5.69 Å². The third kappa shape index (κ3) is 3.72. The Morgan fingerprint density at radius 2 is 1.79 bits per heavy atom. The van der Waals surface area contributed by atoms with E-state index in [0.29, 0.717) is 37.7 Å². The molecular formula is C17H19N9O2. The average molecular weight is 381 g/mol. The molecule has 0 atom stereocenters. The second-order valence-electron chi connectivity index (χ2n) is 6.43. The summed E-state index contributed by atoms with van der Waals surface area (Å²) in [6.45, 7) is 4.11. The number of piperazine rings is 1. The van der Waals surface area contributed by atoms with Crippen LogP contribution in [-0.2, 0) is 11.3 Å². The molecule has 11 heteroatoms. The fourth-order valence-electron chi connectivity index (χ4n) is 3.01. The van der Waals surface area contributed by atoms with Crippen LogP contribution in [0.25, 0.3) is 5.82 Å². The lowest BCUT2D eigenvalue weighted by Gasteiger charge is -2.35. The molecule has 0 N–H and O–H groups in total. The largest absolute Gasteiger partial charge is 0.352 e. The monoisotopic (exact) mass is 381 g/mol. The van der Waals surface area contributed by atoms with E-state index in [1.165, 1.54) is 21.8 Å². The number of carbonyl (C=O) groups excluding carboxylic acids is 1. The van der Waals surface area contributed by atoms with Gasteiger partial charge in [-0.1, -0.05) is 0 Å². The molecule has 1 aliphatic rings. The van der Waals surface area contributed by atoms with Crippen LogP contribution in [0.5, 0.6) is 0 Å². The summed E-state index contributed by atoms with van der Waals surface area (Å²) in [6, 6.07) is 6.76. The summed E-state index contributed by atoms with van der Waals surface area (Å²) in [5, 5.41) is 16.5. The maximum absolute atomic E-state index is 12.5. The number of hydrogen-bond donors (Lipinski definition) is 0. The summed E-state index contributed by atoms with van der Waals surface area (Å²) in [5.41, 5.74) is 0.422. The molecule has 1 amide bonds. The predicted molar refractivity (Wildman–Crippen MR) is 99.0 cm³/mol. The average Bonchev–Trinajstić information content (AvgIpc) is 3.26. The summed E-state index contributed by atoms with van der Waals surface area (Å²) in [4.78, 5) is 32.0. The van der Waals surface area contributed by atoms with Gasteiger partial charge in [0.25, 0.3) is 5.56 Å². The normalized spacial score (nSPS) is 14.3. The van der Waals surface area contributed by atoms with Crippen LogP contribution in [0.15, 0.2) is 41.7 Å². The number of amides is 1. The van der Waals surface area contributed by atoms with Gasteiger partial charge in [-0.15, -0.1) is 10.2 Å². The van der Waals surface area contributed by atoms with E-state index < -0.39 is 0 Å². The van der Waals surface area contributed by atoms with Crippen molar-refractivity contribution in [1.82, 2.24) is 39.6 Å². The second kappa shape index (κ2) is 7.55. The number of aryl methyl sites for hydroxylation is 1. The number of hydrogen-bond acceptors (Lipinski definition) is 8. The molecule has 0 saturated carbocycles. The Hall–Kier alpha value is -3.63. The summed E-state index contributed by atoms with van der Waals surface area (Å²) >= 11 is 0. The van der Waals surface area contributed by atoms with Crippen molar-refractivity contribution >= 4 is 11.7 Å². The molecular weight excluding hydrogens is 362 g/mol. The van der Waals surface area contributed by atoms with Crippen molar-refractivity contribution in [3.05, 3.63) is 53.0 Å². The van der Waals surface area contributed by atoms with Crippen LogP contribution in [0.2, 0.25) is 0 Å². The minimum atomic E-state index is -0.277. The highest BCUT2D eigenvalue weighted by molar-refractivity contribution is 5.76. The third-order valence-corrected chi connectivity index (χ3v) is 4.53. The van der Waals surface area contributed by atoms with Crippen molar-refractivity contribution in [2.45, 2.75) is 13.5 Å². The highest BCUT2D eigenvalue weighted by atomic mass is 16.2. The first-order valence-electron chi connectivity index (χ1n) is 8.86. The minimum absolute atomic E-state index is 0.0487. The fraction of sp³-hybridized carbons (Fsp3) is 0.353.